The topological polar surface area (TPSA) is 96.3 Å². The molecule has 11 heteroatoms. The minimum Gasteiger partial charge on any atom is -0.449 e. The molecule has 47 heavy (non-hydrogen) atoms. The van der Waals surface area contributed by atoms with E-state index >= 15 is 0 Å². The quantitative estimate of drug-likeness (QED) is 0.0662. The Morgan fingerprint density at radius 1 is 0.638 bits per heavy atom. The van der Waals surface area contributed by atoms with Gasteiger partial charge in [-0.1, -0.05) is 144 Å². The molecule has 0 radical (unpaired) electrons. The monoisotopic (exact) mass is 697 g/mol. The Hall–Kier alpha value is -3.47. The summed E-state index contributed by atoms with van der Waals surface area (Å²) in [6.07, 6.45) is -5.30. The highest BCUT2D eigenvalue weighted by Crippen LogP contribution is 2.34. The number of halogens is 3. The zero-order chi connectivity index (χ0) is 33.1. The van der Waals surface area contributed by atoms with Crippen LogP contribution < -0.4 is 0 Å². The molecule has 5 unspecified atom stereocenters. The van der Waals surface area contributed by atoms with E-state index in [1.807, 2.05) is 91.0 Å². The third-order valence-electron chi connectivity index (χ3n) is 7.30. The molecule has 0 aromatic heterocycles. The predicted octanol–water partition coefficient (Wildman–Crippen LogP) is 7.69. The fourth-order valence-electron chi connectivity index (χ4n) is 4.97. The highest BCUT2D eigenvalue weighted by atomic mass is 35.6. The molecule has 0 amide bonds. The molecule has 1 fully saturated rings. The van der Waals surface area contributed by atoms with Crippen LogP contribution in [0, 0.1) is 5.41 Å². The molecule has 8 nitrogen and oxygen atoms in total. The molecule has 4 aromatic rings. The Morgan fingerprint density at radius 2 is 1.11 bits per heavy atom. The second kappa shape index (κ2) is 17.1. The molecular weight excluding hydrogens is 665 g/mol. The van der Waals surface area contributed by atoms with Crippen molar-refractivity contribution >= 4 is 46.7 Å². The van der Waals surface area contributed by atoms with Crippen LogP contribution in [0.4, 0.5) is 0 Å². The summed E-state index contributed by atoms with van der Waals surface area (Å²) in [5.74, 6) is -1.38. The summed E-state index contributed by atoms with van der Waals surface area (Å²) in [7, 11) is 0. The Bertz CT molecular complexity index is 1540. The Morgan fingerprint density at radius 3 is 1.62 bits per heavy atom. The summed E-state index contributed by atoms with van der Waals surface area (Å²) in [6, 6.07) is 37.3. The van der Waals surface area contributed by atoms with Crippen LogP contribution in [0.25, 0.3) is 0 Å². The first kappa shape index (κ1) is 34.9. The van der Waals surface area contributed by atoms with Gasteiger partial charge in [0.25, 0.3) is 3.79 Å². The zero-order valence-corrected chi connectivity index (χ0v) is 27.5. The number of nitrogens with one attached hydrogen (secondary N) is 1. The van der Waals surface area contributed by atoms with E-state index in [4.69, 9.17) is 68.6 Å². The third-order valence-corrected chi connectivity index (χ3v) is 7.81. The maximum Gasteiger partial charge on any atom is 0.338 e. The molecule has 246 valence electrons. The van der Waals surface area contributed by atoms with E-state index in [1.165, 1.54) is 0 Å². The van der Waals surface area contributed by atoms with Gasteiger partial charge in [-0.2, -0.15) is 0 Å². The summed E-state index contributed by atoms with van der Waals surface area (Å²) in [5.41, 5.74) is 3.03. The smallest absolute Gasteiger partial charge is 0.338 e. The molecule has 5 rings (SSSR count). The van der Waals surface area contributed by atoms with Gasteiger partial charge in [0.15, 0.2) is 6.10 Å². The summed E-state index contributed by atoms with van der Waals surface area (Å²) in [6.45, 7) is 0.676. The third kappa shape index (κ3) is 10.3. The van der Waals surface area contributed by atoms with Crippen LogP contribution in [-0.4, -0.2) is 53.0 Å². The van der Waals surface area contributed by atoms with Gasteiger partial charge in [0.1, 0.15) is 18.3 Å². The predicted molar refractivity (Wildman–Crippen MR) is 180 cm³/mol. The van der Waals surface area contributed by atoms with Crippen LogP contribution in [0.15, 0.2) is 121 Å². The number of alkyl halides is 3. The number of rotatable bonds is 13. The van der Waals surface area contributed by atoms with E-state index in [2.05, 4.69) is 0 Å². The molecule has 1 aliphatic rings. The number of hydrogen-bond donors (Lipinski definition) is 1. The van der Waals surface area contributed by atoms with E-state index in [-0.39, 0.29) is 19.8 Å². The first-order chi connectivity index (χ1) is 22.8. The SMILES string of the molecule is N=C(OC1OC(COCc2ccccc2)C(OCc2ccccc2)C(OCc2ccccc2)C1OC(=O)c1ccccc1)C(Cl)(Cl)Cl. The largest absolute Gasteiger partial charge is 0.449 e. The summed E-state index contributed by atoms with van der Waals surface area (Å²) < 4.78 is 35.1. The zero-order valence-electron chi connectivity index (χ0n) is 25.3. The average Bonchev–Trinajstić information content (AvgIpc) is 3.09. The van der Waals surface area contributed by atoms with Gasteiger partial charge in [-0.05, 0) is 28.8 Å². The van der Waals surface area contributed by atoms with E-state index in [0.29, 0.717) is 12.2 Å². The molecule has 5 atom stereocenters. The van der Waals surface area contributed by atoms with Gasteiger partial charge >= 0.3 is 5.97 Å². The minimum atomic E-state index is -2.21. The van der Waals surface area contributed by atoms with Crippen LogP contribution in [0.5, 0.6) is 0 Å². The van der Waals surface area contributed by atoms with Crippen LogP contribution in [-0.2, 0) is 48.2 Å². The first-order valence-corrected chi connectivity index (χ1v) is 16.1. The van der Waals surface area contributed by atoms with E-state index in [1.54, 1.807) is 30.3 Å². The van der Waals surface area contributed by atoms with Gasteiger partial charge in [-0.15, -0.1) is 0 Å². The van der Waals surface area contributed by atoms with Crippen LogP contribution in [0.1, 0.15) is 27.0 Å². The van der Waals surface area contributed by atoms with Crippen molar-refractivity contribution in [3.8, 4) is 0 Å². The first-order valence-electron chi connectivity index (χ1n) is 14.9. The average molecular weight is 699 g/mol. The second-order valence-electron chi connectivity index (χ2n) is 10.7. The van der Waals surface area contributed by atoms with E-state index in [9.17, 15) is 4.79 Å². The van der Waals surface area contributed by atoms with Crippen molar-refractivity contribution in [3.63, 3.8) is 0 Å². The minimum absolute atomic E-state index is 0.0415. The van der Waals surface area contributed by atoms with Gasteiger partial charge in [-0.3, -0.25) is 5.41 Å². The molecule has 4 aromatic carbocycles. The lowest BCUT2D eigenvalue weighted by Crippen LogP contribution is -2.62. The van der Waals surface area contributed by atoms with Crippen LogP contribution in [0.3, 0.4) is 0 Å². The summed E-state index contributed by atoms with van der Waals surface area (Å²) >= 11 is 18.0. The number of ether oxygens (including phenoxy) is 6. The Labute approximate surface area is 288 Å². The normalized spacial score (nSPS) is 21.1. The van der Waals surface area contributed by atoms with Crippen molar-refractivity contribution in [1.82, 2.24) is 0 Å². The number of carbonyl (C=O) groups is 1. The maximum absolute atomic E-state index is 13.5. The molecular formula is C36H34Cl3NO7. The van der Waals surface area contributed by atoms with Crippen molar-refractivity contribution in [1.29, 1.82) is 5.41 Å². The van der Waals surface area contributed by atoms with Crippen molar-refractivity contribution in [2.75, 3.05) is 6.61 Å². The Balaban J connectivity index is 1.49. The van der Waals surface area contributed by atoms with Crippen molar-refractivity contribution < 1.29 is 33.2 Å². The van der Waals surface area contributed by atoms with E-state index in [0.717, 1.165) is 16.7 Å². The molecule has 1 aliphatic heterocycles. The van der Waals surface area contributed by atoms with Gasteiger partial charge in [0.2, 0.25) is 12.2 Å². The summed E-state index contributed by atoms with van der Waals surface area (Å²) in [4.78, 5) is 13.5. The second-order valence-corrected chi connectivity index (χ2v) is 13.0. The number of carbonyl (C=O) groups excluding carboxylic acids is 1. The highest BCUT2D eigenvalue weighted by molar-refractivity contribution is 6.76. The van der Waals surface area contributed by atoms with Gasteiger partial charge in [0, 0.05) is 0 Å². The lowest BCUT2D eigenvalue weighted by atomic mass is 9.97. The van der Waals surface area contributed by atoms with Crippen molar-refractivity contribution in [2.24, 2.45) is 0 Å². The number of hydrogen-bond acceptors (Lipinski definition) is 8. The van der Waals surface area contributed by atoms with Crippen LogP contribution >= 0.6 is 34.8 Å². The summed E-state index contributed by atoms with van der Waals surface area (Å²) in [5, 5.41) is 8.33. The number of esters is 1. The molecule has 1 N–H and O–H groups in total. The fourth-order valence-corrected chi connectivity index (χ4v) is 5.11. The highest BCUT2D eigenvalue weighted by Gasteiger charge is 2.52. The molecule has 0 spiro atoms. The van der Waals surface area contributed by atoms with E-state index < -0.39 is 46.4 Å². The lowest BCUT2D eigenvalue weighted by Gasteiger charge is -2.45. The fraction of sp³-hybridized carbons (Fsp3) is 0.278. The van der Waals surface area contributed by atoms with Crippen LogP contribution in [0.2, 0.25) is 0 Å². The molecule has 0 saturated carbocycles. The molecule has 1 heterocycles. The molecule has 1 saturated heterocycles. The number of benzene rings is 4. The Kier molecular flexibility index (Phi) is 12.7. The molecule has 0 aliphatic carbocycles. The maximum atomic E-state index is 13.5. The standard InChI is InChI=1S/C36H34Cl3NO7/c37-36(38,39)35(40)47-34-32(46-33(41)28-19-11-4-12-20-28)31(44-23-27-17-9-3-10-18-27)30(43-22-26-15-7-2-8-16-26)29(45-34)24-42-21-25-13-5-1-6-14-25/h1-20,29-32,34,40H,21-24H2. The van der Waals surface area contributed by atoms with Crippen molar-refractivity contribution in [2.45, 2.75) is 54.3 Å². The van der Waals surface area contributed by atoms with Gasteiger partial charge in [0.05, 0.1) is 32.0 Å². The van der Waals surface area contributed by atoms with Crippen molar-refractivity contribution in [3.05, 3.63) is 144 Å². The molecule has 0 bridgehead atoms. The lowest BCUT2D eigenvalue weighted by molar-refractivity contribution is -0.302. The van der Waals surface area contributed by atoms with Gasteiger partial charge < -0.3 is 28.4 Å². The van der Waals surface area contributed by atoms with Gasteiger partial charge in [-0.25, -0.2) is 4.79 Å².